The Bertz CT molecular complexity index is 933. The van der Waals surface area contributed by atoms with Crippen molar-refractivity contribution in [1.82, 2.24) is 4.90 Å². The molecule has 0 radical (unpaired) electrons. The molecule has 2 unspecified atom stereocenters. The molecule has 26 heavy (non-hydrogen) atoms. The molecule has 1 N–H and O–H groups in total. The molecule has 3 aromatic carbocycles. The van der Waals surface area contributed by atoms with Gasteiger partial charge >= 0.3 is 5.97 Å². The van der Waals surface area contributed by atoms with Crippen molar-refractivity contribution in [3.63, 3.8) is 0 Å². The molecule has 0 aromatic heterocycles. The number of nitrogens with zero attached hydrogens (tertiary/aromatic N) is 1. The van der Waals surface area contributed by atoms with Crippen LogP contribution in [0.3, 0.4) is 0 Å². The number of halogens is 1. The highest BCUT2D eigenvalue weighted by molar-refractivity contribution is 9.10. The molecule has 3 aromatic rings. The number of carboxylic acid groups (broad SMARTS) is 1. The van der Waals surface area contributed by atoms with Crippen LogP contribution in [0.15, 0.2) is 71.2 Å². The van der Waals surface area contributed by atoms with E-state index in [0.717, 1.165) is 23.0 Å². The van der Waals surface area contributed by atoms with E-state index in [4.69, 9.17) is 0 Å². The molecule has 3 nitrogen and oxygen atoms in total. The van der Waals surface area contributed by atoms with Gasteiger partial charge in [0.15, 0.2) is 0 Å². The molecule has 1 aliphatic heterocycles. The Labute approximate surface area is 161 Å². The van der Waals surface area contributed by atoms with E-state index >= 15 is 0 Å². The lowest BCUT2D eigenvalue weighted by Gasteiger charge is -2.32. The average molecular weight is 410 g/mol. The van der Waals surface area contributed by atoms with E-state index in [1.807, 2.05) is 24.3 Å². The molecule has 0 amide bonds. The van der Waals surface area contributed by atoms with E-state index in [9.17, 15) is 9.90 Å². The van der Waals surface area contributed by atoms with Crippen LogP contribution in [0.2, 0.25) is 0 Å². The molecule has 0 saturated carbocycles. The van der Waals surface area contributed by atoms with Crippen LogP contribution >= 0.6 is 15.9 Å². The highest BCUT2D eigenvalue weighted by Gasteiger charge is 2.37. The maximum Gasteiger partial charge on any atom is 0.320 e. The van der Waals surface area contributed by atoms with Gasteiger partial charge in [0.1, 0.15) is 6.04 Å². The molecule has 0 spiro atoms. The second-order valence-electron chi connectivity index (χ2n) is 6.76. The van der Waals surface area contributed by atoms with Crippen LogP contribution in [-0.4, -0.2) is 28.6 Å². The molecular weight excluding hydrogens is 390 g/mol. The van der Waals surface area contributed by atoms with Gasteiger partial charge in [-0.2, -0.15) is 0 Å². The summed E-state index contributed by atoms with van der Waals surface area (Å²) in [5.41, 5.74) is 2.29. The predicted molar refractivity (Wildman–Crippen MR) is 107 cm³/mol. The molecule has 4 rings (SSSR count). The van der Waals surface area contributed by atoms with Crippen LogP contribution in [0.5, 0.6) is 0 Å². The Kier molecular flexibility index (Phi) is 4.79. The first kappa shape index (κ1) is 17.3. The summed E-state index contributed by atoms with van der Waals surface area (Å²) in [5.74, 6) is -0.732. The number of aliphatic carboxylic acids is 1. The third-order valence-corrected chi connectivity index (χ3v) is 5.74. The summed E-state index contributed by atoms with van der Waals surface area (Å²) in [7, 11) is 0. The summed E-state index contributed by atoms with van der Waals surface area (Å²) in [4.78, 5) is 14.0. The van der Waals surface area contributed by atoms with Gasteiger partial charge < -0.3 is 5.11 Å². The van der Waals surface area contributed by atoms with Gasteiger partial charge in [-0.05, 0) is 46.9 Å². The Morgan fingerprint density at radius 1 is 1.04 bits per heavy atom. The van der Waals surface area contributed by atoms with E-state index in [-0.39, 0.29) is 6.04 Å². The minimum atomic E-state index is -0.732. The maximum atomic E-state index is 11.8. The van der Waals surface area contributed by atoms with Gasteiger partial charge in [-0.25, -0.2) is 0 Å². The van der Waals surface area contributed by atoms with Crippen molar-refractivity contribution >= 4 is 32.7 Å². The Morgan fingerprint density at radius 3 is 2.54 bits per heavy atom. The van der Waals surface area contributed by atoms with Gasteiger partial charge in [0, 0.05) is 11.0 Å². The first-order valence-electron chi connectivity index (χ1n) is 8.87. The third-order valence-electron chi connectivity index (χ3n) is 5.21. The van der Waals surface area contributed by atoms with Crippen molar-refractivity contribution in [1.29, 1.82) is 0 Å². The fourth-order valence-electron chi connectivity index (χ4n) is 4.05. The van der Waals surface area contributed by atoms with Crippen LogP contribution in [0.1, 0.15) is 30.0 Å². The number of benzene rings is 3. The molecule has 1 fully saturated rings. The summed E-state index contributed by atoms with van der Waals surface area (Å²) < 4.78 is 1.02. The normalized spacial score (nSPS) is 18.9. The lowest BCUT2D eigenvalue weighted by molar-refractivity contribution is -0.142. The van der Waals surface area contributed by atoms with Gasteiger partial charge in [-0.15, -0.1) is 0 Å². The lowest BCUT2D eigenvalue weighted by atomic mass is 9.92. The van der Waals surface area contributed by atoms with E-state index in [1.54, 1.807) is 0 Å². The molecule has 132 valence electrons. The standard InChI is InChI=1S/C22H20BrNO2/c23-17-12-10-16(11-13-17)21(24-14-4-9-20(24)22(25)26)19-8-3-6-15-5-1-2-7-18(15)19/h1-3,5-8,10-13,20-21H,4,9,14H2,(H,25,26). The van der Waals surface area contributed by atoms with Crippen molar-refractivity contribution in [2.75, 3.05) is 6.54 Å². The van der Waals surface area contributed by atoms with Crippen LogP contribution < -0.4 is 0 Å². The largest absolute Gasteiger partial charge is 0.480 e. The van der Waals surface area contributed by atoms with Crippen LogP contribution in [-0.2, 0) is 4.79 Å². The first-order valence-corrected chi connectivity index (χ1v) is 9.66. The number of hydrogen-bond donors (Lipinski definition) is 1. The lowest BCUT2D eigenvalue weighted by Crippen LogP contribution is -2.39. The van der Waals surface area contributed by atoms with E-state index in [0.29, 0.717) is 6.42 Å². The molecule has 2 atom stereocenters. The van der Waals surface area contributed by atoms with Crippen molar-refractivity contribution in [3.05, 3.63) is 82.3 Å². The minimum Gasteiger partial charge on any atom is -0.480 e. The van der Waals surface area contributed by atoms with Crippen molar-refractivity contribution in [3.8, 4) is 0 Å². The number of rotatable bonds is 4. The Balaban J connectivity index is 1.90. The SMILES string of the molecule is O=C(O)C1CCCN1C(c1ccc(Br)cc1)c1cccc2ccccc12. The summed E-state index contributed by atoms with van der Waals surface area (Å²) in [6, 6.07) is 22.3. The molecular formula is C22H20BrNO2. The van der Waals surface area contributed by atoms with Gasteiger partial charge in [0.2, 0.25) is 0 Å². The maximum absolute atomic E-state index is 11.8. The van der Waals surface area contributed by atoms with E-state index in [2.05, 4.69) is 63.3 Å². The number of carboxylic acids is 1. The molecule has 1 aliphatic rings. The van der Waals surface area contributed by atoms with Crippen molar-refractivity contribution < 1.29 is 9.90 Å². The summed E-state index contributed by atoms with van der Waals surface area (Å²) in [5, 5.41) is 12.1. The molecule has 4 heteroatoms. The van der Waals surface area contributed by atoms with Crippen molar-refractivity contribution in [2.45, 2.75) is 24.9 Å². The van der Waals surface area contributed by atoms with Crippen LogP contribution in [0, 0.1) is 0 Å². The predicted octanol–water partition coefficient (Wildman–Crippen LogP) is 5.24. The minimum absolute atomic E-state index is 0.0715. The van der Waals surface area contributed by atoms with Gasteiger partial charge in [0.05, 0.1) is 6.04 Å². The third kappa shape index (κ3) is 3.15. The number of fused-ring (bicyclic) bond motifs is 1. The summed E-state index contributed by atoms with van der Waals surface area (Å²) in [6.45, 7) is 0.793. The number of carbonyl (C=O) groups is 1. The molecule has 0 aliphatic carbocycles. The molecule has 0 bridgehead atoms. The van der Waals surface area contributed by atoms with Crippen LogP contribution in [0.4, 0.5) is 0 Å². The second kappa shape index (κ2) is 7.22. The average Bonchev–Trinajstić information content (AvgIpc) is 3.13. The zero-order chi connectivity index (χ0) is 18.1. The monoisotopic (exact) mass is 409 g/mol. The molecule has 1 heterocycles. The van der Waals surface area contributed by atoms with Crippen molar-refractivity contribution in [2.24, 2.45) is 0 Å². The first-order chi connectivity index (χ1) is 12.6. The van der Waals surface area contributed by atoms with E-state index in [1.165, 1.54) is 16.3 Å². The highest BCUT2D eigenvalue weighted by atomic mass is 79.9. The van der Waals surface area contributed by atoms with Crippen LogP contribution in [0.25, 0.3) is 10.8 Å². The van der Waals surface area contributed by atoms with E-state index < -0.39 is 12.0 Å². The fourth-order valence-corrected chi connectivity index (χ4v) is 4.31. The van der Waals surface area contributed by atoms with Gasteiger partial charge in [-0.3, -0.25) is 9.69 Å². The Morgan fingerprint density at radius 2 is 1.77 bits per heavy atom. The number of likely N-dealkylation sites (tertiary alicyclic amines) is 1. The molecule has 1 saturated heterocycles. The number of hydrogen-bond acceptors (Lipinski definition) is 2. The smallest absolute Gasteiger partial charge is 0.320 e. The zero-order valence-electron chi connectivity index (χ0n) is 14.3. The van der Waals surface area contributed by atoms with Gasteiger partial charge in [0.25, 0.3) is 0 Å². The second-order valence-corrected chi connectivity index (χ2v) is 7.67. The fraction of sp³-hybridized carbons (Fsp3) is 0.227. The summed E-state index contributed by atoms with van der Waals surface area (Å²) >= 11 is 3.50. The topological polar surface area (TPSA) is 40.5 Å². The summed E-state index contributed by atoms with van der Waals surface area (Å²) in [6.07, 6.45) is 1.61. The zero-order valence-corrected chi connectivity index (χ0v) is 15.9. The quantitative estimate of drug-likeness (QED) is 0.640. The van der Waals surface area contributed by atoms with Gasteiger partial charge in [-0.1, -0.05) is 70.5 Å². The Hall–Kier alpha value is -2.17. The highest BCUT2D eigenvalue weighted by Crippen LogP contribution is 2.38.